The van der Waals surface area contributed by atoms with Crippen molar-refractivity contribution in [2.75, 3.05) is 18.4 Å². The number of anilines is 1. The smallest absolute Gasteiger partial charge is 0.252 e. The lowest BCUT2D eigenvalue weighted by atomic mass is 9.90. The number of aromatic nitrogens is 2. The number of piperidine rings is 1. The molecule has 10 heteroatoms. The van der Waals surface area contributed by atoms with Gasteiger partial charge >= 0.3 is 0 Å². The summed E-state index contributed by atoms with van der Waals surface area (Å²) in [5.41, 5.74) is 0. The molecular formula is C18H24N4O3S3. The maximum atomic E-state index is 12.7. The summed E-state index contributed by atoms with van der Waals surface area (Å²) in [7, 11) is -3.52. The van der Waals surface area contributed by atoms with Crippen molar-refractivity contribution < 1.29 is 13.2 Å². The van der Waals surface area contributed by atoms with E-state index in [4.69, 9.17) is 0 Å². The quantitative estimate of drug-likeness (QED) is 0.765. The molecule has 1 amide bonds. The van der Waals surface area contributed by atoms with Gasteiger partial charge in [-0.15, -0.1) is 21.5 Å². The molecule has 2 aliphatic rings. The van der Waals surface area contributed by atoms with Crippen LogP contribution in [0.5, 0.6) is 0 Å². The second kappa shape index (κ2) is 8.56. The molecule has 1 N–H and O–H groups in total. The molecule has 152 valence electrons. The minimum Gasteiger partial charge on any atom is -0.300 e. The average Bonchev–Trinajstić information content (AvgIpc) is 3.41. The number of sulfonamides is 1. The molecule has 1 atom stereocenters. The Morgan fingerprint density at radius 2 is 1.96 bits per heavy atom. The zero-order chi connectivity index (χ0) is 19.6. The zero-order valence-electron chi connectivity index (χ0n) is 15.5. The van der Waals surface area contributed by atoms with E-state index in [2.05, 4.69) is 15.5 Å². The minimum atomic E-state index is -3.52. The average molecular weight is 441 g/mol. The molecule has 2 fully saturated rings. The second-order valence-corrected chi connectivity index (χ2v) is 11.5. The lowest BCUT2D eigenvalue weighted by molar-refractivity contribution is -0.120. The maximum absolute atomic E-state index is 12.7. The van der Waals surface area contributed by atoms with E-state index < -0.39 is 10.0 Å². The van der Waals surface area contributed by atoms with Crippen molar-refractivity contribution in [1.82, 2.24) is 14.5 Å². The van der Waals surface area contributed by atoms with E-state index in [0.29, 0.717) is 34.6 Å². The van der Waals surface area contributed by atoms with Crippen LogP contribution in [-0.4, -0.2) is 41.9 Å². The van der Waals surface area contributed by atoms with Gasteiger partial charge in [-0.25, -0.2) is 8.42 Å². The summed E-state index contributed by atoms with van der Waals surface area (Å²) < 4.78 is 27.2. The van der Waals surface area contributed by atoms with Crippen molar-refractivity contribution >= 4 is 43.7 Å². The Bertz CT molecular complexity index is 904. The summed E-state index contributed by atoms with van der Waals surface area (Å²) in [4.78, 5) is 12.7. The number of carbonyl (C=O) groups is 1. The van der Waals surface area contributed by atoms with Gasteiger partial charge in [0.2, 0.25) is 11.0 Å². The lowest BCUT2D eigenvalue weighted by Gasteiger charge is -2.30. The predicted octanol–water partition coefficient (Wildman–Crippen LogP) is 3.69. The van der Waals surface area contributed by atoms with E-state index >= 15 is 0 Å². The molecule has 1 unspecified atom stereocenters. The second-order valence-electron chi connectivity index (χ2n) is 7.40. The molecule has 28 heavy (non-hydrogen) atoms. The van der Waals surface area contributed by atoms with Crippen LogP contribution in [0, 0.1) is 5.92 Å². The molecule has 3 heterocycles. The Kier molecular flexibility index (Phi) is 6.10. The zero-order valence-corrected chi connectivity index (χ0v) is 18.0. The van der Waals surface area contributed by atoms with Gasteiger partial charge in [-0.3, -0.25) is 4.79 Å². The lowest BCUT2D eigenvalue weighted by Crippen LogP contribution is -2.43. The largest absolute Gasteiger partial charge is 0.300 e. The molecule has 0 aromatic carbocycles. The van der Waals surface area contributed by atoms with E-state index in [1.54, 1.807) is 17.5 Å². The van der Waals surface area contributed by atoms with Gasteiger partial charge in [0.05, 0.1) is 5.92 Å². The van der Waals surface area contributed by atoms with E-state index in [-0.39, 0.29) is 18.4 Å². The Morgan fingerprint density at radius 1 is 1.14 bits per heavy atom. The van der Waals surface area contributed by atoms with E-state index in [9.17, 15) is 13.2 Å². The minimum absolute atomic E-state index is 0.169. The Labute approximate surface area is 173 Å². The maximum Gasteiger partial charge on any atom is 0.252 e. The van der Waals surface area contributed by atoms with Crippen molar-refractivity contribution in [2.24, 2.45) is 5.92 Å². The molecule has 1 aliphatic carbocycles. The fourth-order valence-corrected chi connectivity index (χ4v) is 7.50. The van der Waals surface area contributed by atoms with Gasteiger partial charge in [-0.1, -0.05) is 36.7 Å². The summed E-state index contributed by atoms with van der Waals surface area (Å²) in [6.07, 6.45) is 7.36. The highest BCUT2D eigenvalue weighted by molar-refractivity contribution is 7.91. The fraction of sp³-hybridized carbons (Fsp3) is 0.611. The first kappa shape index (κ1) is 19.9. The number of hydrogen-bond acceptors (Lipinski definition) is 7. The standard InChI is InChI=1S/C18H24N4O3S3/c23-16(19-18-21-20-17(27-18)13-6-2-1-3-7-13)14-8-4-10-22(12-14)28(24,25)15-9-5-11-26-15/h5,9,11,13-14H,1-4,6-8,10,12H2,(H,19,21,23). The van der Waals surface area contributed by atoms with Crippen molar-refractivity contribution in [3.8, 4) is 0 Å². The van der Waals surface area contributed by atoms with E-state index in [1.807, 2.05) is 0 Å². The Balaban J connectivity index is 1.39. The van der Waals surface area contributed by atoms with E-state index in [1.165, 1.54) is 46.2 Å². The van der Waals surface area contributed by atoms with Gasteiger partial charge in [0.15, 0.2) is 0 Å². The highest BCUT2D eigenvalue weighted by Gasteiger charge is 2.34. The summed E-state index contributed by atoms with van der Waals surface area (Å²) in [6.45, 7) is 0.662. The number of carbonyl (C=O) groups excluding carboxylic acids is 1. The van der Waals surface area contributed by atoms with Crippen molar-refractivity contribution in [2.45, 2.75) is 55.1 Å². The van der Waals surface area contributed by atoms with Crippen molar-refractivity contribution in [3.05, 3.63) is 22.5 Å². The molecule has 1 saturated heterocycles. The van der Waals surface area contributed by atoms with Crippen LogP contribution in [-0.2, 0) is 14.8 Å². The third-order valence-corrected chi connectivity index (χ3v) is 9.71. The van der Waals surface area contributed by atoms with Crippen LogP contribution in [0.3, 0.4) is 0 Å². The number of nitrogens with one attached hydrogen (secondary N) is 1. The van der Waals surface area contributed by atoms with E-state index in [0.717, 1.165) is 17.8 Å². The molecule has 1 aliphatic heterocycles. The normalized spacial score (nSPS) is 22.2. The molecule has 0 spiro atoms. The Morgan fingerprint density at radius 3 is 2.71 bits per heavy atom. The molecule has 4 rings (SSSR count). The van der Waals surface area contributed by atoms with Gasteiger partial charge in [0.1, 0.15) is 9.22 Å². The molecule has 0 radical (unpaired) electrons. The summed E-state index contributed by atoms with van der Waals surface area (Å²) in [6, 6.07) is 3.34. The number of nitrogens with zero attached hydrogens (tertiary/aromatic N) is 3. The van der Waals surface area contributed by atoms with Crippen LogP contribution in [0.25, 0.3) is 0 Å². The third kappa shape index (κ3) is 4.29. The van der Waals surface area contributed by atoms with Crippen LogP contribution in [0.15, 0.2) is 21.7 Å². The summed E-state index contributed by atoms with van der Waals surface area (Å²) in [5.74, 6) is -0.0824. The molecule has 1 saturated carbocycles. The molecule has 7 nitrogen and oxygen atoms in total. The first-order chi connectivity index (χ1) is 13.5. The van der Waals surface area contributed by atoms with Crippen LogP contribution < -0.4 is 5.32 Å². The van der Waals surface area contributed by atoms with Crippen LogP contribution in [0.1, 0.15) is 55.9 Å². The first-order valence-corrected chi connectivity index (χ1v) is 12.9. The fourth-order valence-electron chi connectivity index (χ4n) is 3.92. The number of hydrogen-bond donors (Lipinski definition) is 1. The van der Waals surface area contributed by atoms with Crippen LogP contribution >= 0.6 is 22.7 Å². The third-order valence-electron chi connectivity index (χ3n) is 5.47. The summed E-state index contributed by atoms with van der Waals surface area (Å²) in [5, 5.41) is 14.5. The molecule has 2 aromatic heterocycles. The number of thiophene rings is 1. The van der Waals surface area contributed by atoms with Gasteiger partial charge in [-0.05, 0) is 37.1 Å². The topological polar surface area (TPSA) is 92.3 Å². The SMILES string of the molecule is O=C(Nc1nnc(C2CCCCC2)s1)C1CCCN(S(=O)(=O)c2cccs2)C1. The van der Waals surface area contributed by atoms with Gasteiger partial charge < -0.3 is 5.32 Å². The monoisotopic (exact) mass is 440 g/mol. The molecule has 2 aromatic rings. The van der Waals surface area contributed by atoms with Crippen LogP contribution in [0.2, 0.25) is 0 Å². The highest BCUT2D eigenvalue weighted by Crippen LogP contribution is 2.35. The Hall–Kier alpha value is -1.36. The van der Waals surface area contributed by atoms with Gasteiger partial charge in [-0.2, -0.15) is 4.31 Å². The number of rotatable bonds is 5. The highest BCUT2D eigenvalue weighted by atomic mass is 32.2. The van der Waals surface area contributed by atoms with Crippen molar-refractivity contribution in [3.63, 3.8) is 0 Å². The molecule has 0 bridgehead atoms. The number of amides is 1. The predicted molar refractivity (Wildman–Crippen MR) is 110 cm³/mol. The van der Waals surface area contributed by atoms with Gasteiger partial charge in [0.25, 0.3) is 10.0 Å². The summed E-state index contributed by atoms with van der Waals surface area (Å²) >= 11 is 2.66. The van der Waals surface area contributed by atoms with Crippen molar-refractivity contribution in [1.29, 1.82) is 0 Å². The van der Waals surface area contributed by atoms with Gasteiger partial charge in [0, 0.05) is 19.0 Å². The first-order valence-electron chi connectivity index (χ1n) is 9.72. The molecular weight excluding hydrogens is 416 g/mol. The van der Waals surface area contributed by atoms with Crippen LogP contribution in [0.4, 0.5) is 5.13 Å².